The van der Waals surface area contributed by atoms with E-state index < -0.39 is 23.5 Å². The molecule has 1 atom stereocenters. The van der Waals surface area contributed by atoms with Crippen molar-refractivity contribution in [2.75, 3.05) is 0 Å². The molecule has 0 aromatic carbocycles. The third-order valence-corrected chi connectivity index (χ3v) is 2.51. The molecule has 0 aromatic rings. The number of esters is 1. The highest BCUT2D eigenvalue weighted by atomic mass is 16.5. The van der Waals surface area contributed by atoms with Gasteiger partial charge < -0.3 is 14.9 Å². The van der Waals surface area contributed by atoms with E-state index in [4.69, 9.17) is 14.9 Å². The largest absolute Gasteiger partial charge is 0.481 e. The summed E-state index contributed by atoms with van der Waals surface area (Å²) in [5.41, 5.74) is -1.16. The predicted molar refractivity (Wildman–Crippen MR) is 74.8 cm³/mol. The average molecular weight is 304 g/mol. The maximum atomic E-state index is 10.8. The van der Waals surface area contributed by atoms with E-state index in [1.165, 1.54) is 20.8 Å². The van der Waals surface area contributed by atoms with Crippen molar-refractivity contribution in [1.29, 1.82) is 0 Å². The van der Waals surface area contributed by atoms with Crippen molar-refractivity contribution in [3.63, 3.8) is 0 Å². The van der Waals surface area contributed by atoms with Gasteiger partial charge in [0.15, 0.2) is 11.9 Å². The second kappa shape index (κ2) is 9.90. The minimum Gasteiger partial charge on any atom is -0.481 e. The Labute approximate surface area is 124 Å². The summed E-state index contributed by atoms with van der Waals surface area (Å²) < 4.78 is 4.76. The van der Waals surface area contributed by atoms with Gasteiger partial charge >= 0.3 is 17.9 Å². The van der Waals surface area contributed by atoms with E-state index in [0.29, 0.717) is 6.42 Å². The van der Waals surface area contributed by atoms with E-state index >= 15 is 0 Å². The van der Waals surface area contributed by atoms with E-state index in [2.05, 4.69) is 0 Å². The van der Waals surface area contributed by atoms with Gasteiger partial charge in [-0.3, -0.25) is 19.2 Å². The van der Waals surface area contributed by atoms with Crippen molar-refractivity contribution >= 4 is 23.7 Å². The van der Waals surface area contributed by atoms with Crippen LogP contribution in [0.25, 0.3) is 0 Å². The molecular formula is C14H24O7. The van der Waals surface area contributed by atoms with Crippen molar-refractivity contribution in [3.05, 3.63) is 0 Å². The van der Waals surface area contributed by atoms with Crippen LogP contribution in [-0.4, -0.2) is 40.0 Å². The van der Waals surface area contributed by atoms with Gasteiger partial charge in [-0.15, -0.1) is 0 Å². The molecule has 1 unspecified atom stereocenters. The Morgan fingerprint density at radius 1 is 1.14 bits per heavy atom. The Balaban J connectivity index is 0. The average Bonchev–Trinajstić information content (AvgIpc) is 2.27. The summed E-state index contributed by atoms with van der Waals surface area (Å²) in [5, 5.41) is 16.7. The summed E-state index contributed by atoms with van der Waals surface area (Å²) in [6.45, 7) is 7.63. The summed E-state index contributed by atoms with van der Waals surface area (Å²) in [6.07, 6.45) is 0.206. The topological polar surface area (TPSA) is 118 Å². The van der Waals surface area contributed by atoms with Crippen molar-refractivity contribution in [1.82, 2.24) is 0 Å². The minimum absolute atomic E-state index is 0.116. The van der Waals surface area contributed by atoms with E-state index in [9.17, 15) is 19.2 Å². The van der Waals surface area contributed by atoms with Crippen molar-refractivity contribution < 1.29 is 34.1 Å². The number of carbonyl (C=O) groups excluding carboxylic acids is 2. The minimum atomic E-state index is -1.16. The zero-order valence-corrected chi connectivity index (χ0v) is 13.1. The number of rotatable bonds is 7. The molecule has 7 nitrogen and oxygen atoms in total. The van der Waals surface area contributed by atoms with Crippen LogP contribution in [0.3, 0.4) is 0 Å². The van der Waals surface area contributed by atoms with E-state index in [1.807, 2.05) is 6.92 Å². The van der Waals surface area contributed by atoms with Gasteiger partial charge in [0.25, 0.3) is 0 Å². The van der Waals surface area contributed by atoms with Crippen LogP contribution in [0, 0.1) is 5.41 Å². The summed E-state index contributed by atoms with van der Waals surface area (Å²) in [7, 11) is 0. The third-order valence-electron chi connectivity index (χ3n) is 2.51. The van der Waals surface area contributed by atoms with Crippen LogP contribution in [0.5, 0.6) is 0 Å². The zero-order chi connectivity index (χ0) is 17.2. The molecule has 0 radical (unpaired) electrons. The number of carboxylic acids is 2. The number of hydrogen-bond donors (Lipinski definition) is 2. The molecule has 0 aliphatic rings. The SMILES string of the molecule is CC(C)(CC(=O)O)C(=O)O.CCCC(=O)OC(C)C(C)=O. The lowest BCUT2D eigenvalue weighted by Gasteiger charge is -2.14. The Hall–Kier alpha value is -1.92. The first kappa shape index (κ1) is 21.4. The molecule has 0 fully saturated rings. The quantitative estimate of drug-likeness (QED) is 0.689. The Morgan fingerprint density at radius 2 is 1.62 bits per heavy atom. The van der Waals surface area contributed by atoms with Crippen LogP contribution >= 0.6 is 0 Å². The molecule has 0 spiro atoms. The van der Waals surface area contributed by atoms with E-state index in [1.54, 1.807) is 6.92 Å². The molecule has 0 aromatic heterocycles. The third kappa shape index (κ3) is 11.6. The number of Topliss-reactive ketones (excluding diaryl/α,β-unsaturated/α-hetero) is 1. The lowest BCUT2D eigenvalue weighted by atomic mass is 9.90. The lowest BCUT2D eigenvalue weighted by Crippen LogP contribution is -2.26. The van der Waals surface area contributed by atoms with Gasteiger partial charge in [-0.25, -0.2) is 0 Å². The standard InChI is InChI=1S/C8H14O3.C6H10O4/c1-4-5-8(10)11-7(3)6(2)9;1-6(2,5(9)10)3-4(7)8/h7H,4-5H2,1-3H3;3H2,1-2H3,(H,7,8)(H,9,10). The number of ketones is 1. The van der Waals surface area contributed by atoms with Gasteiger partial charge in [-0.05, 0) is 34.1 Å². The molecule has 0 bridgehead atoms. The smallest absolute Gasteiger partial charge is 0.309 e. The molecule has 0 rings (SSSR count). The van der Waals surface area contributed by atoms with Gasteiger partial charge in [-0.2, -0.15) is 0 Å². The van der Waals surface area contributed by atoms with Gasteiger partial charge in [-0.1, -0.05) is 6.92 Å². The van der Waals surface area contributed by atoms with Gasteiger partial charge in [0.1, 0.15) is 0 Å². The van der Waals surface area contributed by atoms with Crippen LogP contribution in [-0.2, 0) is 23.9 Å². The first-order valence-electron chi connectivity index (χ1n) is 6.59. The highest BCUT2D eigenvalue weighted by molar-refractivity contribution is 5.83. The predicted octanol–water partition coefficient (Wildman–Crippen LogP) is 1.88. The van der Waals surface area contributed by atoms with Gasteiger partial charge in [0, 0.05) is 6.42 Å². The first-order valence-corrected chi connectivity index (χ1v) is 6.59. The Bertz CT molecular complexity index is 385. The Kier molecular flexibility index (Phi) is 10.1. The summed E-state index contributed by atoms with van der Waals surface area (Å²) in [5.74, 6) is -2.59. The second-order valence-electron chi connectivity index (χ2n) is 5.25. The number of hydrogen-bond acceptors (Lipinski definition) is 5. The van der Waals surface area contributed by atoms with E-state index in [0.717, 1.165) is 6.42 Å². The molecule has 21 heavy (non-hydrogen) atoms. The van der Waals surface area contributed by atoms with Crippen LogP contribution in [0.2, 0.25) is 0 Å². The molecule has 0 amide bonds. The van der Waals surface area contributed by atoms with Crippen LogP contribution in [0.1, 0.15) is 53.9 Å². The maximum absolute atomic E-state index is 10.8. The lowest BCUT2D eigenvalue weighted by molar-refractivity contribution is -0.153. The van der Waals surface area contributed by atoms with E-state index in [-0.39, 0.29) is 18.2 Å². The van der Waals surface area contributed by atoms with Crippen LogP contribution in [0.4, 0.5) is 0 Å². The summed E-state index contributed by atoms with van der Waals surface area (Å²) >= 11 is 0. The molecule has 0 aliphatic heterocycles. The van der Waals surface area contributed by atoms with Gasteiger partial charge in [0.05, 0.1) is 11.8 Å². The molecule has 2 N–H and O–H groups in total. The maximum Gasteiger partial charge on any atom is 0.309 e. The molecular weight excluding hydrogens is 280 g/mol. The molecule has 7 heteroatoms. The summed E-state index contributed by atoms with van der Waals surface area (Å²) in [6, 6.07) is 0. The summed E-state index contributed by atoms with van der Waals surface area (Å²) in [4.78, 5) is 41.7. The fourth-order valence-corrected chi connectivity index (χ4v) is 0.997. The number of carboxylic acid groups (broad SMARTS) is 2. The number of aliphatic carboxylic acids is 2. The molecule has 122 valence electrons. The second-order valence-corrected chi connectivity index (χ2v) is 5.25. The molecule has 0 heterocycles. The number of ether oxygens (including phenoxy) is 1. The fraction of sp³-hybridized carbons (Fsp3) is 0.714. The van der Waals surface area contributed by atoms with Gasteiger partial charge in [0.2, 0.25) is 0 Å². The highest BCUT2D eigenvalue weighted by Gasteiger charge is 2.29. The van der Waals surface area contributed by atoms with Crippen molar-refractivity contribution in [2.24, 2.45) is 5.41 Å². The monoisotopic (exact) mass is 304 g/mol. The number of carbonyl (C=O) groups is 4. The zero-order valence-electron chi connectivity index (χ0n) is 13.1. The normalized spacial score (nSPS) is 11.7. The Morgan fingerprint density at radius 3 is 1.86 bits per heavy atom. The van der Waals surface area contributed by atoms with Crippen molar-refractivity contribution in [2.45, 2.75) is 60.0 Å². The molecule has 0 saturated heterocycles. The molecule has 0 saturated carbocycles. The van der Waals surface area contributed by atoms with Crippen LogP contribution < -0.4 is 0 Å². The van der Waals surface area contributed by atoms with Crippen molar-refractivity contribution in [3.8, 4) is 0 Å². The molecule has 0 aliphatic carbocycles. The fourth-order valence-electron chi connectivity index (χ4n) is 0.997. The first-order chi connectivity index (χ1) is 9.43. The highest BCUT2D eigenvalue weighted by Crippen LogP contribution is 2.19. The van der Waals surface area contributed by atoms with Crippen LogP contribution in [0.15, 0.2) is 0 Å².